The van der Waals surface area contributed by atoms with Crippen molar-refractivity contribution in [1.29, 1.82) is 0 Å². The predicted octanol–water partition coefficient (Wildman–Crippen LogP) is 2.50. The number of nitrogens with one attached hydrogen (secondary N) is 2. The van der Waals surface area contributed by atoms with Crippen molar-refractivity contribution < 1.29 is 4.74 Å². The smallest absolute Gasteiger partial charge is 0.274 e. The first-order chi connectivity index (χ1) is 12.2. The van der Waals surface area contributed by atoms with Crippen molar-refractivity contribution in [2.45, 2.75) is 13.5 Å². The van der Waals surface area contributed by atoms with Crippen LogP contribution in [-0.2, 0) is 6.61 Å². The molecule has 0 saturated heterocycles. The van der Waals surface area contributed by atoms with Crippen molar-refractivity contribution in [1.82, 2.24) is 15.2 Å². The third-order valence-electron chi connectivity index (χ3n) is 3.37. The number of anilines is 1. The van der Waals surface area contributed by atoms with Crippen LogP contribution in [0.15, 0.2) is 64.5 Å². The second-order valence-corrected chi connectivity index (χ2v) is 5.30. The number of aromatic amines is 1. The number of hydrogen-bond donors (Lipinski definition) is 2. The molecule has 0 spiro atoms. The second kappa shape index (κ2) is 7.87. The fourth-order valence-electron chi connectivity index (χ4n) is 2.00. The third-order valence-corrected chi connectivity index (χ3v) is 3.37. The molecular formula is C18H17N5O2. The molecule has 1 heterocycles. The average molecular weight is 335 g/mol. The second-order valence-electron chi connectivity index (χ2n) is 5.30. The van der Waals surface area contributed by atoms with Gasteiger partial charge in [-0.05, 0) is 42.3 Å². The number of benzene rings is 2. The van der Waals surface area contributed by atoms with Crippen LogP contribution >= 0.6 is 0 Å². The lowest BCUT2D eigenvalue weighted by molar-refractivity contribution is 0.306. The zero-order valence-corrected chi connectivity index (χ0v) is 13.6. The van der Waals surface area contributed by atoms with Crippen molar-refractivity contribution in [2.24, 2.45) is 5.10 Å². The van der Waals surface area contributed by atoms with Crippen LogP contribution in [0, 0.1) is 6.92 Å². The van der Waals surface area contributed by atoms with E-state index in [9.17, 15) is 4.79 Å². The van der Waals surface area contributed by atoms with Gasteiger partial charge in [0.15, 0.2) is 0 Å². The van der Waals surface area contributed by atoms with E-state index in [0.29, 0.717) is 12.3 Å². The van der Waals surface area contributed by atoms with Gasteiger partial charge in [-0.15, -0.1) is 10.2 Å². The van der Waals surface area contributed by atoms with Crippen LogP contribution in [0.1, 0.15) is 16.8 Å². The lowest BCUT2D eigenvalue weighted by atomic mass is 10.2. The molecule has 0 bridgehead atoms. The van der Waals surface area contributed by atoms with E-state index in [1.54, 1.807) is 13.1 Å². The monoisotopic (exact) mass is 335 g/mol. The summed E-state index contributed by atoms with van der Waals surface area (Å²) in [5.74, 6) is 0.970. The first kappa shape index (κ1) is 16.4. The summed E-state index contributed by atoms with van der Waals surface area (Å²) in [6.07, 6.45) is 1.61. The average Bonchev–Trinajstić information content (AvgIpc) is 2.65. The van der Waals surface area contributed by atoms with Crippen molar-refractivity contribution in [3.63, 3.8) is 0 Å². The summed E-state index contributed by atoms with van der Waals surface area (Å²) < 4.78 is 5.73. The molecule has 2 aromatic carbocycles. The van der Waals surface area contributed by atoms with Gasteiger partial charge in [-0.3, -0.25) is 9.78 Å². The summed E-state index contributed by atoms with van der Waals surface area (Å²) in [5, 5.41) is 11.5. The lowest BCUT2D eigenvalue weighted by Crippen LogP contribution is -2.15. The van der Waals surface area contributed by atoms with Crippen molar-refractivity contribution >= 4 is 12.2 Å². The topological polar surface area (TPSA) is 92.3 Å². The molecule has 7 heteroatoms. The Bertz CT molecular complexity index is 905. The number of hydrazone groups is 1. The normalized spacial score (nSPS) is 10.8. The molecule has 1 aromatic heterocycles. The number of aryl methyl sites for hydroxylation is 1. The fourth-order valence-corrected chi connectivity index (χ4v) is 2.00. The highest BCUT2D eigenvalue weighted by Crippen LogP contribution is 2.13. The lowest BCUT2D eigenvalue weighted by Gasteiger charge is -2.06. The maximum atomic E-state index is 11.4. The number of rotatable bonds is 6. The van der Waals surface area contributed by atoms with Crippen molar-refractivity contribution in [3.8, 4) is 5.75 Å². The molecule has 0 aliphatic heterocycles. The molecule has 3 rings (SSSR count). The molecule has 25 heavy (non-hydrogen) atoms. The molecular weight excluding hydrogens is 318 g/mol. The van der Waals surface area contributed by atoms with Crippen LogP contribution in [-0.4, -0.2) is 21.4 Å². The predicted molar refractivity (Wildman–Crippen MR) is 95.8 cm³/mol. The van der Waals surface area contributed by atoms with Gasteiger partial charge < -0.3 is 4.74 Å². The minimum Gasteiger partial charge on any atom is -0.489 e. The Morgan fingerprint density at radius 3 is 2.60 bits per heavy atom. The number of nitrogens with zero attached hydrogens (tertiary/aromatic N) is 3. The Labute approximate surface area is 144 Å². The fraction of sp³-hybridized carbons (Fsp3) is 0.111. The van der Waals surface area contributed by atoms with Crippen molar-refractivity contribution in [2.75, 3.05) is 5.43 Å². The molecule has 0 unspecified atom stereocenters. The molecule has 0 amide bonds. The van der Waals surface area contributed by atoms with Crippen LogP contribution in [0.4, 0.5) is 5.95 Å². The Hall–Kier alpha value is -3.48. The van der Waals surface area contributed by atoms with Crippen LogP contribution < -0.4 is 15.7 Å². The summed E-state index contributed by atoms with van der Waals surface area (Å²) in [4.78, 5) is 13.9. The molecule has 7 nitrogen and oxygen atoms in total. The van der Waals surface area contributed by atoms with Crippen LogP contribution in [0.3, 0.4) is 0 Å². The van der Waals surface area contributed by atoms with E-state index >= 15 is 0 Å². The van der Waals surface area contributed by atoms with E-state index in [0.717, 1.165) is 16.9 Å². The standard InChI is InChI=1S/C18H17N5O2/c1-13-17(24)20-18(23-21-13)22-19-11-14-7-9-16(10-8-14)25-12-15-5-3-2-4-6-15/h2-11H,12H2,1H3,(H2,20,22,23,24)/b19-11-. The van der Waals surface area contributed by atoms with Gasteiger partial charge in [0.1, 0.15) is 18.1 Å². The van der Waals surface area contributed by atoms with Crippen LogP contribution in [0.5, 0.6) is 5.75 Å². The van der Waals surface area contributed by atoms with Crippen LogP contribution in [0.25, 0.3) is 0 Å². The maximum Gasteiger partial charge on any atom is 0.274 e. The Kier molecular flexibility index (Phi) is 5.16. The first-order valence-corrected chi connectivity index (χ1v) is 7.70. The highest BCUT2D eigenvalue weighted by Gasteiger charge is 1.98. The molecule has 0 aliphatic rings. The molecule has 0 aliphatic carbocycles. The molecule has 0 saturated carbocycles. The summed E-state index contributed by atoms with van der Waals surface area (Å²) in [6.45, 7) is 2.11. The van der Waals surface area contributed by atoms with E-state index in [1.807, 2.05) is 54.6 Å². The third kappa shape index (κ3) is 4.74. The van der Waals surface area contributed by atoms with Gasteiger partial charge in [-0.25, -0.2) is 5.43 Å². The molecule has 126 valence electrons. The SMILES string of the molecule is Cc1nnc(N/N=C\c2ccc(OCc3ccccc3)cc2)[nH]c1=O. The van der Waals surface area contributed by atoms with E-state index in [-0.39, 0.29) is 11.5 Å². The van der Waals surface area contributed by atoms with Gasteiger partial charge >= 0.3 is 0 Å². The molecule has 2 N–H and O–H groups in total. The van der Waals surface area contributed by atoms with Gasteiger partial charge in [0.2, 0.25) is 5.95 Å². The van der Waals surface area contributed by atoms with Gasteiger partial charge in [0, 0.05) is 0 Å². The van der Waals surface area contributed by atoms with Gasteiger partial charge in [-0.2, -0.15) is 5.10 Å². The van der Waals surface area contributed by atoms with E-state index in [4.69, 9.17) is 4.74 Å². The van der Waals surface area contributed by atoms with Gasteiger partial charge in [0.25, 0.3) is 5.56 Å². The summed E-state index contributed by atoms with van der Waals surface area (Å²) in [7, 11) is 0. The summed E-state index contributed by atoms with van der Waals surface area (Å²) in [6, 6.07) is 17.5. The van der Waals surface area contributed by atoms with Crippen LogP contribution in [0.2, 0.25) is 0 Å². The minimum atomic E-state index is -0.299. The Balaban J connectivity index is 1.55. The highest BCUT2D eigenvalue weighted by molar-refractivity contribution is 5.80. The summed E-state index contributed by atoms with van der Waals surface area (Å²) in [5.41, 5.74) is 4.63. The number of H-pyrrole nitrogens is 1. The Morgan fingerprint density at radius 1 is 1.12 bits per heavy atom. The zero-order valence-electron chi connectivity index (χ0n) is 13.6. The molecule has 0 atom stereocenters. The quantitative estimate of drug-likeness (QED) is 0.533. The van der Waals surface area contributed by atoms with E-state index < -0.39 is 0 Å². The van der Waals surface area contributed by atoms with E-state index in [1.165, 1.54) is 0 Å². The van der Waals surface area contributed by atoms with Gasteiger partial charge in [-0.1, -0.05) is 30.3 Å². The van der Waals surface area contributed by atoms with Crippen molar-refractivity contribution in [3.05, 3.63) is 81.8 Å². The zero-order chi connectivity index (χ0) is 17.5. The summed E-state index contributed by atoms with van der Waals surface area (Å²) >= 11 is 0. The molecule has 3 aromatic rings. The number of hydrogen-bond acceptors (Lipinski definition) is 6. The Morgan fingerprint density at radius 2 is 1.88 bits per heavy atom. The van der Waals surface area contributed by atoms with E-state index in [2.05, 4.69) is 25.7 Å². The number of aromatic nitrogens is 3. The van der Waals surface area contributed by atoms with Gasteiger partial charge in [0.05, 0.1) is 6.21 Å². The first-order valence-electron chi connectivity index (χ1n) is 7.70. The highest BCUT2D eigenvalue weighted by atomic mass is 16.5. The number of ether oxygens (including phenoxy) is 1. The largest absolute Gasteiger partial charge is 0.489 e. The molecule has 0 radical (unpaired) electrons. The molecule has 0 fully saturated rings. The minimum absolute atomic E-state index is 0.190. The maximum absolute atomic E-state index is 11.4.